The molecular formula is C24H26Cl4N2O2. The van der Waals surface area contributed by atoms with Gasteiger partial charge in [-0.2, -0.15) is 0 Å². The van der Waals surface area contributed by atoms with E-state index in [1.807, 2.05) is 36.4 Å². The van der Waals surface area contributed by atoms with Crippen LogP contribution in [0.25, 0.3) is 0 Å². The smallest absolute Gasteiger partial charge is 0.135 e. The minimum absolute atomic E-state index is 0.349. The first-order chi connectivity index (χ1) is 15.3. The standard InChI is InChI=1S/2C12H13Cl2NO/c2*13-11-2-1-3-12(14)10(11)8-15-6-4-9(16)5-7-15/h2*1-3H,4-8H2. The normalized spacial score (nSPS) is 17.8. The van der Waals surface area contributed by atoms with Gasteiger partial charge in [-0.05, 0) is 24.3 Å². The summed E-state index contributed by atoms with van der Waals surface area (Å²) in [5, 5.41) is 2.79. The average molecular weight is 516 g/mol. The zero-order chi connectivity index (χ0) is 23.1. The number of Topliss-reactive ketones (excluding diaryl/α,β-unsaturated/α-hetero) is 2. The second-order valence-electron chi connectivity index (χ2n) is 8.03. The first-order valence-electron chi connectivity index (χ1n) is 10.7. The number of nitrogens with zero attached hydrogens (tertiary/aromatic N) is 2. The topological polar surface area (TPSA) is 40.6 Å². The van der Waals surface area contributed by atoms with Crippen LogP contribution in [0.5, 0.6) is 0 Å². The molecule has 0 aliphatic carbocycles. The Morgan fingerprint density at radius 1 is 0.562 bits per heavy atom. The van der Waals surface area contributed by atoms with E-state index in [2.05, 4.69) is 9.80 Å². The average Bonchev–Trinajstić information content (AvgIpc) is 2.77. The van der Waals surface area contributed by atoms with E-state index in [4.69, 9.17) is 46.4 Å². The van der Waals surface area contributed by atoms with E-state index in [1.165, 1.54) is 0 Å². The fourth-order valence-corrected chi connectivity index (χ4v) is 4.77. The Morgan fingerprint density at radius 3 is 1.12 bits per heavy atom. The molecule has 32 heavy (non-hydrogen) atoms. The predicted molar refractivity (Wildman–Crippen MR) is 132 cm³/mol. The van der Waals surface area contributed by atoms with Crippen molar-refractivity contribution < 1.29 is 9.59 Å². The molecule has 0 bridgehead atoms. The number of likely N-dealkylation sites (tertiary alicyclic amines) is 2. The van der Waals surface area contributed by atoms with Crippen LogP contribution in [0.3, 0.4) is 0 Å². The lowest BCUT2D eigenvalue weighted by Gasteiger charge is -2.26. The molecule has 4 nitrogen and oxygen atoms in total. The van der Waals surface area contributed by atoms with E-state index in [0.717, 1.165) is 50.4 Å². The summed E-state index contributed by atoms with van der Waals surface area (Å²) < 4.78 is 0. The second-order valence-corrected chi connectivity index (χ2v) is 9.66. The van der Waals surface area contributed by atoms with E-state index in [0.29, 0.717) is 57.3 Å². The SMILES string of the molecule is O=C1CCN(Cc2c(Cl)cccc2Cl)CC1.O=C1CCN(Cc2c(Cl)cccc2Cl)CC1. The van der Waals surface area contributed by atoms with Crippen molar-refractivity contribution in [2.24, 2.45) is 0 Å². The van der Waals surface area contributed by atoms with Gasteiger partial charge in [-0.1, -0.05) is 58.5 Å². The third-order valence-corrected chi connectivity index (χ3v) is 7.13. The third kappa shape index (κ3) is 7.44. The molecule has 8 heteroatoms. The lowest BCUT2D eigenvalue weighted by atomic mass is 10.1. The number of piperidine rings is 2. The van der Waals surface area contributed by atoms with Gasteiger partial charge in [0.2, 0.25) is 0 Å². The summed E-state index contributed by atoms with van der Waals surface area (Å²) in [6.45, 7) is 4.68. The van der Waals surface area contributed by atoms with Gasteiger partial charge in [-0.3, -0.25) is 19.4 Å². The van der Waals surface area contributed by atoms with E-state index < -0.39 is 0 Å². The molecule has 0 aromatic heterocycles. The highest BCUT2D eigenvalue weighted by molar-refractivity contribution is 6.36. The fourth-order valence-electron chi connectivity index (χ4n) is 3.74. The molecule has 2 aliphatic rings. The Bertz CT molecular complexity index is 829. The second kappa shape index (κ2) is 12.4. The third-order valence-electron chi connectivity index (χ3n) is 5.71. The highest BCUT2D eigenvalue weighted by Crippen LogP contribution is 2.27. The summed E-state index contributed by atoms with van der Waals surface area (Å²) in [7, 11) is 0. The zero-order valence-electron chi connectivity index (χ0n) is 17.8. The molecule has 0 saturated carbocycles. The van der Waals surface area contributed by atoms with Crippen molar-refractivity contribution in [3.63, 3.8) is 0 Å². The summed E-state index contributed by atoms with van der Waals surface area (Å²) >= 11 is 24.4. The van der Waals surface area contributed by atoms with Crippen molar-refractivity contribution in [2.45, 2.75) is 38.8 Å². The summed E-state index contributed by atoms with van der Waals surface area (Å²) in [6, 6.07) is 11.1. The van der Waals surface area contributed by atoms with Crippen LogP contribution < -0.4 is 0 Å². The molecule has 172 valence electrons. The van der Waals surface area contributed by atoms with Crippen LogP contribution >= 0.6 is 46.4 Å². The highest BCUT2D eigenvalue weighted by Gasteiger charge is 2.19. The maximum absolute atomic E-state index is 11.1. The number of hydrogen-bond acceptors (Lipinski definition) is 4. The Labute approximate surface area is 209 Å². The fraction of sp³-hybridized carbons (Fsp3) is 0.417. The van der Waals surface area contributed by atoms with Crippen molar-refractivity contribution in [3.8, 4) is 0 Å². The van der Waals surface area contributed by atoms with Gasteiger partial charge in [0.15, 0.2) is 0 Å². The van der Waals surface area contributed by atoms with Crippen molar-refractivity contribution in [1.82, 2.24) is 9.80 Å². The van der Waals surface area contributed by atoms with E-state index >= 15 is 0 Å². The van der Waals surface area contributed by atoms with Crippen LogP contribution in [0.15, 0.2) is 36.4 Å². The molecule has 2 heterocycles. The minimum Gasteiger partial charge on any atom is -0.300 e. The molecule has 2 aromatic rings. The first-order valence-corrected chi connectivity index (χ1v) is 12.2. The van der Waals surface area contributed by atoms with Gasteiger partial charge < -0.3 is 0 Å². The predicted octanol–water partition coefficient (Wildman–Crippen LogP) is 6.32. The number of carbonyl (C=O) groups is 2. The van der Waals surface area contributed by atoms with Gasteiger partial charge in [0.25, 0.3) is 0 Å². The number of halogens is 4. The summed E-state index contributed by atoms with van der Waals surface area (Å²) in [4.78, 5) is 26.7. The summed E-state index contributed by atoms with van der Waals surface area (Å²) in [6.07, 6.45) is 2.56. The molecule has 2 saturated heterocycles. The lowest BCUT2D eigenvalue weighted by Crippen LogP contribution is -2.33. The lowest BCUT2D eigenvalue weighted by molar-refractivity contribution is -0.122. The first kappa shape index (κ1) is 25.5. The Morgan fingerprint density at radius 2 is 0.844 bits per heavy atom. The van der Waals surface area contributed by atoms with E-state index in [1.54, 1.807) is 0 Å². The quantitative estimate of drug-likeness (QED) is 0.477. The van der Waals surface area contributed by atoms with Gasteiger partial charge >= 0.3 is 0 Å². The van der Waals surface area contributed by atoms with Crippen LogP contribution in [-0.2, 0) is 22.7 Å². The van der Waals surface area contributed by atoms with E-state index in [-0.39, 0.29) is 0 Å². The molecule has 0 spiro atoms. The number of carbonyl (C=O) groups excluding carboxylic acids is 2. The monoisotopic (exact) mass is 514 g/mol. The molecule has 2 aromatic carbocycles. The van der Waals surface area contributed by atoms with Crippen molar-refractivity contribution >= 4 is 58.0 Å². The summed E-state index contributed by atoms with van der Waals surface area (Å²) in [5.74, 6) is 0.697. The van der Waals surface area contributed by atoms with Crippen LogP contribution in [0.1, 0.15) is 36.8 Å². The van der Waals surface area contributed by atoms with Crippen molar-refractivity contribution in [2.75, 3.05) is 26.2 Å². The molecular weight excluding hydrogens is 490 g/mol. The molecule has 0 unspecified atom stereocenters. The summed E-state index contributed by atoms with van der Waals surface area (Å²) in [5.41, 5.74) is 1.92. The highest BCUT2D eigenvalue weighted by atomic mass is 35.5. The molecule has 2 aliphatic heterocycles. The van der Waals surface area contributed by atoms with Crippen LogP contribution in [-0.4, -0.2) is 47.5 Å². The molecule has 4 rings (SSSR count). The number of rotatable bonds is 4. The molecule has 0 N–H and O–H groups in total. The van der Waals surface area contributed by atoms with Gasteiger partial charge in [0, 0.05) is 96.2 Å². The van der Waals surface area contributed by atoms with Crippen LogP contribution in [0.4, 0.5) is 0 Å². The number of hydrogen-bond donors (Lipinski definition) is 0. The Balaban J connectivity index is 0.000000181. The minimum atomic E-state index is 0.349. The van der Waals surface area contributed by atoms with Crippen LogP contribution in [0.2, 0.25) is 20.1 Å². The largest absolute Gasteiger partial charge is 0.300 e. The number of benzene rings is 2. The maximum atomic E-state index is 11.1. The molecule has 2 fully saturated rings. The van der Waals surface area contributed by atoms with Gasteiger partial charge in [-0.15, -0.1) is 0 Å². The molecule has 0 atom stereocenters. The van der Waals surface area contributed by atoms with Crippen molar-refractivity contribution in [3.05, 3.63) is 67.6 Å². The van der Waals surface area contributed by atoms with Gasteiger partial charge in [0.05, 0.1) is 0 Å². The molecule has 0 amide bonds. The van der Waals surface area contributed by atoms with Crippen LogP contribution in [0, 0.1) is 0 Å². The van der Waals surface area contributed by atoms with Gasteiger partial charge in [0.1, 0.15) is 11.6 Å². The Hall–Kier alpha value is -1.14. The maximum Gasteiger partial charge on any atom is 0.135 e. The van der Waals surface area contributed by atoms with Crippen molar-refractivity contribution in [1.29, 1.82) is 0 Å². The van der Waals surface area contributed by atoms with Gasteiger partial charge in [-0.25, -0.2) is 0 Å². The number of ketones is 2. The molecule has 0 radical (unpaired) electrons. The zero-order valence-corrected chi connectivity index (χ0v) is 20.8. The van der Waals surface area contributed by atoms with E-state index in [9.17, 15) is 9.59 Å². The Kier molecular flexibility index (Phi) is 9.84.